The third kappa shape index (κ3) is 2.20. The molecule has 3 N–H and O–H groups in total. The molecule has 2 aromatic rings. The fourth-order valence-corrected chi connectivity index (χ4v) is 1.64. The lowest BCUT2D eigenvalue weighted by molar-refractivity contribution is -0.264. The predicted molar refractivity (Wildman–Crippen MR) is 60.4 cm³/mol. The first-order valence-corrected chi connectivity index (χ1v) is 5.36. The number of alkyl halides is 3. The van der Waals surface area contributed by atoms with Gasteiger partial charge in [-0.25, -0.2) is 4.68 Å². The second-order valence-electron chi connectivity index (χ2n) is 3.93. The van der Waals surface area contributed by atoms with E-state index < -0.39 is 24.0 Å². The van der Waals surface area contributed by atoms with E-state index in [-0.39, 0.29) is 0 Å². The van der Waals surface area contributed by atoms with Crippen LogP contribution in [0.15, 0.2) is 36.5 Å². The molecule has 0 aliphatic heterocycles. The van der Waals surface area contributed by atoms with Crippen molar-refractivity contribution in [1.82, 2.24) is 15.0 Å². The monoisotopic (exact) mass is 272 g/mol. The van der Waals surface area contributed by atoms with Crippen LogP contribution < -0.4 is 5.73 Å². The zero-order valence-electron chi connectivity index (χ0n) is 9.67. The molecule has 0 fully saturated rings. The number of rotatable bonds is 3. The normalized spacial score (nSPS) is 15.2. The van der Waals surface area contributed by atoms with Crippen LogP contribution >= 0.6 is 0 Å². The van der Waals surface area contributed by atoms with Crippen LogP contribution in [0.1, 0.15) is 5.69 Å². The van der Waals surface area contributed by atoms with Gasteiger partial charge < -0.3 is 10.8 Å². The maximum atomic E-state index is 13.0. The summed E-state index contributed by atoms with van der Waals surface area (Å²) < 4.78 is 39.8. The van der Waals surface area contributed by atoms with E-state index in [0.29, 0.717) is 5.69 Å². The van der Waals surface area contributed by atoms with Crippen LogP contribution in [-0.2, 0) is 5.60 Å². The highest BCUT2D eigenvalue weighted by molar-refractivity contribution is 5.33. The topological polar surface area (TPSA) is 77.0 Å². The van der Waals surface area contributed by atoms with Gasteiger partial charge in [0.05, 0.1) is 11.9 Å². The van der Waals surface area contributed by atoms with Crippen LogP contribution in [0, 0.1) is 0 Å². The van der Waals surface area contributed by atoms with E-state index in [1.165, 1.54) is 0 Å². The lowest BCUT2D eigenvalue weighted by Gasteiger charge is -2.28. The molecule has 0 bridgehead atoms. The first-order chi connectivity index (χ1) is 8.90. The summed E-state index contributed by atoms with van der Waals surface area (Å²) >= 11 is 0. The summed E-state index contributed by atoms with van der Waals surface area (Å²) in [5.41, 5.74) is 1.74. The number of hydrogen-bond donors (Lipinski definition) is 2. The Morgan fingerprint density at radius 1 is 1.21 bits per heavy atom. The van der Waals surface area contributed by atoms with Gasteiger partial charge in [-0.1, -0.05) is 23.4 Å². The van der Waals surface area contributed by atoms with E-state index in [1.807, 2.05) is 0 Å². The van der Waals surface area contributed by atoms with Crippen LogP contribution in [0.5, 0.6) is 0 Å². The highest BCUT2D eigenvalue weighted by atomic mass is 19.4. The van der Waals surface area contributed by atoms with Gasteiger partial charge in [0, 0.05) is 6.54 Å². The van der Waals surface area contributed by atoms with Gasteiger partial charge in [0.1, 0.15) is 5.69 Å². The number of nitrogens with zero attached hydrogens (tertiary/aromatic N) is 3. The number of para-hydroxylation sites is 1. The van der Waals surface area contributed by atoms with Gasteiger partial charge in [0.25, 0.3) is 0 Å². The zero-order chi connectivity index (χ0) is 14.1. The second-order valence-corrected chi connectivity index (χ2v) is 3.93. The summed E-state index contributed by atoms with van der Waals surface area (Å²) in [4.78, 5) is 0. The summed E-state index contributed by atoms with van der Waals surface area (Å²) in [6.45, 7) is -1.02. The predicted octanol–water partition coefficient (Wildman–Crippen LogP) is 0.976. The summed E-state index contributed by atoms with van der Waals surface area (Å²) in [5.74, 6) is 0. The lowest BCUT2D eigenvalue weighted by Crippen LogP contribution is -2.49. The van der Waals surface area contributed by atoms with Crippen LogP contribution in [0.25, 0.3) is 5.69 Å². The van der Waals surface area contributed by atoms with Gasteiger partial charge in [-0.05, 0) is 12.1 Å². The average Bonchev–Trinajstić information content (AvgIpc) is 2.87. The molecule has 2 rings (SSSR count). The van der Waals surface area contributed by atoms with E-state index in [4.69, 9.17) is 5.73 Å². The van der Waals surface area contributed by atoms with E-state index in [2.05, 4.69) is 10.3 Å². The smallest absolute Gasteiger partial charge is 0.374 e. The Labute approximate surface area is 106 Å². The van der Waals surface area contributed by atoms with Crippen molar-refractivity contribution in [3.63, 3.8) is 0 Å². The summed E-state index contributed by atoms with van der Waals surface area (Å²) in [6, 6.07) is 8.07. The Morgan fingerprint density at radius 2 is 1.84 bits per heavy atom. The molecule has 0 spiro atoms. The van der Waals surface area contributed by atoms with E-state index in [0.717, 1.165) is 10.9 Å². The summed E-state index contributed by atoms with van der Waals surface area (Å²) in [6.07, 6.45) is -4.07. The highest BCUT2D eigenvalue weighted by Crippen LogP contribution is 2.38. The lowest BCUT2D eigenvalue weighted by atomic mass is 9.99. The molecule has 0 amide bonds. The molecule has 1 unspecified atom stereocenters. The van der Waals surface area contributed by atoms with Crippen LogP contribution in [-0.4, -0.2) is 32.8 Å². The molecule has 0 saturated heterocycles. The third-order valence-electron chi connectivity index (χ3n) is 2.74. The van der Waals surface area contributed by atoms with Gasteiger partial charge in [0.2, 0.25) is 5.60 Å². The number of aliphatic hydroxyl groups is 1. The van der Waals surface area contributed by atoms with Gasteiger partial charge in [-0.2, -0.15) is 13.2 Å². The van der Waals surface area contributed by atoms with E-state index in [9.17, 15) is 18.3 Å². The number of benzene rings is 1. The second kappa shape index (κ2) is 4.63. The largest absolute Gasteiger partial charge is 0.424 e. The Morgan fingerprint density at radius 3 is 2.37 bits per heavy atom. The van der Waals surface area contributed by atoms with Crippen molar-refractivity contribution in [1.29, 1.82) is 0 Å². The fourth-order valence-electron chi connectivity index (χ4n) is 1.64. The van der Waals surface area contributed by atoms with Gasteiger partial charge in [0.15, 0.2) is 0 Å². The number of nitrogens with two attached hydrogens (primary N) is 1. The molecule has 0 aliphatic rings. The SMILES string of the molecule is NCC(O)(c1cnnn1-c1ccccc1)C(F)(F)F. The third-order valence-corrected chi connectivity index (χ3v) is 2.74. The van der Waals surface area contributed by atoms with E-state index in [1.54, 1.807) is 30.3 Å². The first-order valence-electron chi connectivity index (χ1n) is 5.36. The molecule has 8 heteroatoms. The maximum absolute atomic E-state index is 13.0. The molecule has 1 aromatic carbocycles. The quantitative estimate of drug-likeness (QED) is 0.873. The number of hydrogen-bond acceptors (Lipinski definition) is 4. The van der Waals surface area contributed by atoms with Crippen LogP contribution in [0.3, 0.4) is 0 Å². The molecule has 1 heterocycles. The molecular weight excluding hydrogens is 261 g/mol. The molecule has 19 heavy (non-hydrogen) atoms. The van der Waals surface area contributed by atoms with Crippen molar-refractivity contribution >= 4 is 0 Å². The van der Waals surface area contributed by atoms with Crippen molar-refractivity contribution < 1.29 is 18.3 Å². The van der Waals surface area contributed by atoms with Crippen molar-refractivity contribution in [2.24, 2.45) is 5.73 Å². The minimum atomic E-state index is -4.92. The molecule has 102 valence electrons. The average molecular weight is 272 g/mol. The molecule has 5 nitrogen and oxygen atoms in total. The molecular formula is C11H11F3N4O. The first kappa shape index (κ1) is 13.5. The van der Waals surface area contributed by atoms with E-state index >= 15 is 0 Å². The van der Waals surface area contributed by atoms with Crippen molar-refractivity contribution in [2.75, 3.05) is 6.54 Å². The van der Waals surface area contributed by atoms with Crippen molar-refractivity contribution in [3.8, 4) is 5.69 Å². The van der Waals surface area contributed by atoms with Crippen LogP contribution in [0.4, 0.5) is 13.2 Å². The van der Waals surface area contributed by atoms with Gasteiger partial charge in [-0.3, -0.25) is 0 Å². The zero-order valence-corrected chi connectivity index (χ0v) is 9.67. The molecule has 1 atom stereocenters. The van der Waals surface area contributed by atoms with Gasteiger partial charge >= 0.3 is 6.18 Å². The molecule has 1 aromatic heterocycles. The Balaban J connectivity index is 2.56. The molecule has 0 saturated carbocycles. The highest BCUT2D eigenvalue weighted by Gasteiger charge is 2.56. The van der Waals surface area contributed by atoms with Crippen molar-refractivity contribution in [3.05, 3.63) is 42.2 Å². The van der Waals surface area contributed by atoms with Crippen LogP contribution in [0.2, 0.25) is 0 Å². The van der Waals surface area contributed by atoms with Crippen molar-refractivity contribution in [2.45, 2.75) is 11.8 Å². The standard InChI is InChI=1S/C11H11F3N4O/c12-11(13,14)10(19,7-15)9-6-16-17-18(9)8-4-2-1-3-5-8/h1-6,19H,7,15H2. The molecule has 0 radical (unpaired) electrons. The minimum Gasteiger partial charge on any atom is -0.374 e. The van der Waals surface area contributed by atoms with Gasteiger partial charge in [-0.15, -0.1) is 5.10 Å². The Bertz CT molecular complexity index is 555. The maximum Gasteiger partial charge on any atom is 0.424 e. The Kier molecular flexibility index (Phi) is 3.29. The minimum absolute atomic E-state index is 0.353. The molecule has 0 aliphatic carbocycles. The fraction of sp³-hybridized carbons (Fsp3) is 0.273. The Hall–Kier alpha value is -1.93. The summed E-state index contributed by atoms with van der Waals surface area (Å²) in [7, 11) is 0. The number of aromatic nitrogens is 3. The summed E-state index contributed by atoms with van der Waals surface area (Å²) in [5, 5.41) is 16.8. The number of halogens is 3.